The summed E-state index contributed by atoms with van der Waals surface area (Å²) in [6.07, 6.45) is 0. The Kier molecular flexibility index (Phi) is 5.40. The summed E-state index contributed by atoms with van der Waals surface area (Å²) in [6.45, 7) is -0.159. The number of halogens is 1. The van der Waals surface area contributed by atoms with Crippen molar-refractivity contribution >= 4 is 35.2 Å². The molecule has 0 spiro atoms. The minimum absolute atomic E-state index is 0. The monoisotopic (exact) mass is 298 g/mol. The number of esters is 1. The van der Waals surface area contributed by atoms with Crippen molar-refractivity contribution in [2.24, 2.45) is 0 Å². The molecule has 0 aliphatic rings. The predicted octanol–water partition coefficient (Wildman–Crippen LogP) is 1.50. The third-order valence-electron chi connectivity index (χ3n) is 2.70. The largest absolute Gasteiger partial charge is 0.497 e. The number of fused-ring (bicyclic) bond motifs is 1. The number of hydrogen-bond donors (Lipinski definition) is 2. The average molecular weight is 299 g/mol. The molecule has 0 bridgehead atoms. The number of benzene rings is 1. The topological polar surface area (TPSA) is 80.4 Å². The van der Waals surface area contributed by atoms with Crippen LogP contribution in [-0.4, -0.2) is 37.6 Å². The third-order valence-corrected chi connectivity index (χ3v) is 2.70. The molecule has 0 radical (unpaired) electrons. The number of aromatic amines is 1. The molecule has 0 unspecified atom stereocenters. The molecule has 0 saturated carbocycles. The minimum Gasteiger partial charge on any atom is -0.497 e. The Morgan fingerprint density at radius 2 is 2.00 bits per heavy atom. The van der Waals surface area contributed by atoms with Crippen molar-refractivity contribution in [3.05, 3.63) is 30.0 Å². The van der Waals surface area contributed by atoms with E-state index in [4.69, 9.17) is 4.74 Å². The number of amides is 1. The fourth-order valence-corrected chi connectivity index (χ4v) is 1.68. The Balaban J connectivity index is 0.00000200. The van der Waals surface area contributed by atoms with Gasteiger partial charge in [0.05, 0.1) is 14.2 Å². The van der Waals surface area contributed by atoms with Crippen LogP contribution in [0.1, 0.15) is 10.5 Å². The Morgan fingerprint density at radius 3 is 2.65 bits per heavy atom. The van der Waals surface area contributed by atoms with Crippen LogP contribution in [-0.2, 0) is 9.53 Å². The maximum atomic E-state index is 11.8. The van der Waals surface area contributed by atoms with Gasteiger partial charge in [0.1, 0.15) is 18.0 Å². The molecule has 2 N–H and O–H groups in total. The average Bonchev–Trinajstić information content (AvgIpc) is 2.86. The summed E-state index contributed by atoms with van der Waals surface area (Å²) in [7, 11) is 2.85. The van der Waals surface area contributed by atoms with Crippen LogP contribution in [0.25, 0.3) is 10.9 Å². The van der Waals surface area contributed by atoms with Gasteiger partial charge in [0.2, 0.25) is 0 Å². The van der Waals surface area contributed by atoms with Gasteiger partial charge in [0.25, 0.3) is 5.91 Å². The van der Waals surface area contributed by atoms with Crippen molar-refractivity contribution in [1.82, 2.24) is 10.3 Å². The van der Waals surface area contributed by atoms with Gasteiger partial charge < -0.3 is 19.8 Å². The van der Waals surface area contributed by atoms with Gasteiger partial charge in [-0.3, -0.25) is 9.59 Å². The van der Waals surface area contributed by atoms with Crippen molar-refractivity contribution in [3.8, 4) is 5.75 Å². The molecule has 7 heteroatoms. The van der Waals surface area contributed by atoms with Crippen LogP contribution in [0.5, 0.6) is 5.75 Å². The first kappa shape index (κ1) is 15.8. The standard InChI is InChI=1S/C13H14N2O4.ClH/c1-18-9-4-3-8-5-11(15-10(8)6-9)13(17)14-7-12(16)19-2;/h3-6,15H,7H2,1-2H3,(H,14,17);1H. The van der Waals surface area contributed by atoms with Crippen LogP contribution >= 0.6 is 12.4 Å². The van der Waals surface area contributed by atoms with Gasteiger partial charge in [0, 0.05) is 17.0 Å². The zero-order valence-corrected chi connectivity index (χ0v) is 11.9. The van der Waals surface area contributed by atoms with Crippen LogP contribution in [0.2, 0.25) is 0 Å². The smallest absolute Gasteiger partial charge is 0.325 e. The molecule has 2 rings (SSSR count). The summed E-state index contributed by atoms with van der Waals surface area (Å²) < 4.78 is 9.55. The number of methoxy groups -OCH3 is 2. The summed E-state index contributed by atoms with van der Waals surface area (Å²) in [5.74, 6) is -0.150. The number of H-pyrrole nitrogens is 1. The normalized spacial score (nSPS) is 9.70. The van der Waals surface area contributed by atoms with E-state index >= 15 is 0 Å². The molecule has 0 aliphatic carbocycles. The highest BCUT2D eigenvalue weighted by atomic mass is 35.5. The van der Waals surface area contributed by atoms with Crippen molar-refractivity contribution in [1.29, 1.82) is 0 Å². The number of nitrogens with one attached hydrogen (secondary N) is 2. The van der Waals surface area contributed by atoms with Gasteiger partial charge >= 0.3 is 5.97 Å². The van der Waals surface area contributed by atoms with Gasteiger partial charge in [-0.2, -0.15) is 0 Å². The van der Waals surface area contributed by atoms with E-state index in [2.05, 4.69) is 15.0 Å². The second-order valence-corrected chi connectivity index (χ2v) is 3.90. The molecule has 1 amide bonds. The highest BCUT2D eigenvalue weighted by Crippen LogP contribution is 2.21. The first-order chi connectivity index (χ1) is 9.13. The molecular formula is C13H15ClN2O4. The summed E-state index contributed by atoms with van der Waals surface area (Å²) >= 11 is 0. The Morgan fingerprint density at radius 1 is 1.25 bits per heavy atom. The third kappa shape index (κ3) is 3.42. The molecule has 0 fully saturated rings. The zero-order valence-electron chi connectivity index (χ0n) is 11.1. The second-order valence-electron chi connectivity index (χ2n) is 3.90. The molecule has 0 aliphatic heterocycles. The molecular weight excluding hydrogens is 284 g/mol. The lowest BCUT2D eigenvalue weighted by Crippen LogP contribution is -2.30. The quantitative estimate of drug-likeness (QED) is 0.838. The van der Waals surface area contributed by atoms with E-state index in [0.717, 1.165) is 10.9 Å². The number of aromatic nitrogens is 1. The first-order valence-electron chi connectivity index (χ1n) is 5.66. The van der Waals surface area contributed by atoms with Gasteiger partial charge in [0.15, 0.2) is 0 Å². The van der Waals surface area contributed by atoms with E-state index in [1.807, 2.05) is 12.1 Å². The van der Waals surface area contributed by atoms with E-state index in [9.17, 15) is 9.59 Å². The molecule has 1 aromatic carbocycles. The molecule has 1 heterocycles. The number of carbonyl (C=O) groups excluding carboxylic acids is 2. The van der Waals surface area contributed by atoms with E-state index in [-0.39, 0.29) is 24.9 Å². The Bertz CT molecular complexity index is 624. The highest BCUT2D eigenvalue weighted by Gasteiger charge is 2.11. The van der Waals surface area contributed by atoms with Crippen molar-refractivity contribution in [2.75, 3.05) is 20.8 Å². The predicted molar refractivity (Wildman–Crippen MR) is 76.4 cm³/mol. The lowest BCUT2D eigenvalue weighted by Gasteiger charge is -2.01. The molecule has 1 aromatic heterocycles. The summed E-state index contributed by atoms with van der Waals surface area (Å²) in [5, 5.41) is 3.36. The van der Waals surface area contributed by atoms with Gasteiger partial charge in [-0.05, 0) is 18.2 Å². The van der Waals surface area contributed by atoms with Crippen LogP contribution in [0.4, 0.5) is 0 Å². The van der Waals surface area contributed by atoms with E-state index < -0.39 is 5.97 Å². The maximum Gasteiger partial charge on any atom is 0.325 e. The number of rotatable bonds is 4. The minimum atomic E-state index is -0.494. The lowest BCUT2D eigenvalue weighted by atomic mass is 10.2. The van der Waals surface area contributed by atoms with Crippen molar-refractivity contribution in [3.63, 3.8) is 0 Å². The van der Waals surface area contributed by atoms with Gasteiger partial charge in [-0.25, -0.2) is 0 Å². The maximum absolute atomic E-state index is 11.8. The van der Waals surface area contributed by atoms with Crippen molar-refractivity contribution < 1.29 is 19.1 Å². The van der Waals surface area contributed by atoms with Crippen molar-refractivity contribution in [2.45, 2.75) is 0 Å². The molecule has 20 heavy (non-hydrogen) atoms. The van der Waals surface area contributed by atoms with E-state index in [1.54, 1.807) is 19.2 Å². The fourth-order valence-electron chi connectivity index (χ4n) is 1.68. The summed E-state index contributed by atoms with van der Waals surface area (Å²) in [4.78, 5) is 25.7. The second kappa shape index (κ2) is 6.81. The van der Waals surface area contributed by atoms with Gasteiger partial charge in [-0.1, -0.05) is 0 Å². The van der Waals surface area contributed by atoms with Gasteiger partial charge in [-0.15, -0.1) is 12.4 Å². The highest BCUT2D eigenvalue weighted by molar-refractivity contribution is 5.99. The van der Waals surface area contributed by atoms with E-state index in [1.165, 1.54) is 7.11 Å². The molecule has 2 aromatic rings. The van der Waals surface area contributed by atoms with E-state index in [0.29, 0.717) is 11.4 Å². The summed E-state index contributed by atoms with van der Waals surface area (Å²) in [5.41, 5.74) is 1.18. The lowest BCUT2D eigenvalue weighted by molar-refractivity contribution is -0.139. The number of ether oxygens (including phenoxy) is 2. The number of hydrogen-bond acceptors (Lipinski definition) is 4. The molecule has 0 atom stereocenters. The number of carbonyl (C=O) groups is 2. The summed E-state index contributed by atoms with van der Waals surface area (Å²) in [6, 6.07) is 7.17. The Hall–Kier alpha value is -2.21. The van der Waals surface area contributed by atoms with Crippen LogP contribution in [0.15, 0.2) is 24.3 Å². The van der Waals surface area contributed by atoms with Crippen LogP contribution < -0.4 is 10.1 Å². The zero-order chi connectivity index (χ0) is 13.8. The SMILES string of the molecule is COC(=O)CNC(=O)c1cc2ccc(OC)cc2[nH]1.Cl. The van der Waals surface area contributed by atoms with Crippen LogP contribution in [0.3, 0.4) is 0 Å². The molecule has 0 saturated heterocycles. The molecule has 108 valence electrons. The fraction of sp³-hybridized carbons (Fsp3) is 0.231. The first-order valence-corrected chi connectivity index (χ1v) is 5.66. The van der Waals surface area contributed by atoms with Crippen LogP contribution in [0, 0.1) is 0 Å². The molecule has 6 nitrogen and oxygen atoms in total. The Labute approximate surface area is 121 Å².